The maximum absolute atomic E-state index is 11.8. The van der Waals surface area contributed by atoms with Gasteiger partial charge in [-0.3, -0.25) is 4.79 Å². The predicted octanol–water partition coefficient (Wildman–Crippen LogP) is 3.80. The number of ketones is 1. The maximum atomic E-state index is 11.8. The Morgan fingerprint density at radius 1 is 1.40 bits per heavy atom. The lowest BCUT2D eigenvalue weighted by atomic mass is 9.97. The van der Waals surface area contributed by atoms with E-state index in [2.05, 4.69) is 0 Å². The van der Waals surface area contributed by atoms with Crippen LogP contribution in [0.25, 0.3) is 0 Å². The normalized spacial score (nSPS) is 12.5. The summed E-state index contributed by atoms with van der Waals surface area (Å²) in [5.41, 5.74) is 6.42. The second kappa shape index (κ2) is 4.86. The second-order valence-electron chi connectivity index (χ2n) is 3.53. The number of nitrogen functional groups attached to an aromatic ring is 1. The van der Waals surface area contributed by atoms with Gasteiger partial charge in [0.25, 0.3) is 0 Å². The van der Waals surface area contributed by atoms with E-state index in [4.69, 9.17) is 28.9 Å². The number of nitrogens with two attached hydrogens (primary N) is 1. The summed E-state index contributed by atoms with van der Waals surface area (Å²) in [6.07, 6.45) is 0.790. The number of carbonyl (C=O) groups is 1. The van der Waals surface area contributed by atoms with Crippen LogP contribution in [0.3, 0.4) is 0 Å². The number of hydrogen-bond acceptors (Lipinski definition) is 2. The summed E-state index contributed by atoms with van der Waals surface area (Å²) in [5, 5.41) is 0.656. The smallest absolute Gasteiger partial charge is 0.165 e. The van der Waals surface area contributed by atoms with E-state index in [-0.39, 0.29) is 11.7 Å². The van der Waals surface area contributed by atoms with Gasteiger partial charge in [0.2, 0.25) is 0 Å². The van der Waals surface area contributed by atoms with Crippen molar-refractivity contribution in [3.63, 3.8) is 0 Å². The molecule has 0 aliphatic carbocycles. The van der Waals surface area contributed by atoms with Crippen LogP contribution in [0.2, 0.25) is 10.0 Å². The van der Waals surface area contributed by atoms with Crippen molar-refractivity contribution in [2.45, 2.75) is 20.3 Å². The van der Waals surface area contributed by atoms with Gasteiger partial charge in [0.1, 0.15) is 0 Å². The summed E-state index contributed by atoms with van der Waals surface area (Å²) in [7, 11) is 0. The van der Waals surface area contributed by atoms with E-state index in [0.29, 0.717) is 21.3 Å². The van der Waals surface area contributed by atoms with Crippen molar-refractivity contribution >= 4 is 34.7 Å². The van der Waals surface area contributed by atoms with Gasteiger partial charge in [-0.2, -0.15) is 0 Å². The number of hydrogen-bond donors (Lipinski definition) is 1. The van der Waals surface area contributed by atoms with Gasteiger partial charge in [0.15, 0.2) is 5.78 Å². The van der Waals surface area contributed by atoms with Gasteiger partial charge in [-0.1, -0.05) is 37.0 Å². The molecule has 0 radical (unpaired) electrons. The largest absolute Gasteiger partial charge is 0.396 e. The highest BCUT2D eigenvalue weighted by atomic mass is 35.5. The minimum absolute atomic E-state index is 0.0271. The van der Waals surface area contributed by atoms with Gasteiger partial charge in [0.05, 0.1) is 15.7 Å². The first-order valence-corrected chi connectivity index (χ1v) is 5.51. The fraction of sp³-hybridized carbons (Fsp3) is 0.364. The third kappa shape index (κ3) is 2.64. The summed E-state index contributed by atoms with van der Waals surface area (Å²) in [6.45, 7) is 3.84. The zero-order valence-corrected chi connectivity index (χ0v) is 10.2. The van der Waals surface area contributed by atoms with Gasteiger partial charge in [0, 0.05) is 11.5 Å². The highest BCUT2D eigenvalue weighted by molar-refractivity contribution is 6.39. The van der Waals surface area contributed by atoms with Crippen LogP contribution in [0.4, 0.5) is 5.69 Å². The van der Waals surface area contributed by atoms with E-state index in [1.165, 1.54) is 0 Å². The summed E-state index contributed by atoms with van der Waals surface area (Å²) < 4.78 is 0. The average molecular weight is 246 g/mol. The van der Waals surface area contributed by atoms with Gasteiger partial charge >= 0.3 is 0 Å². The van der Waals surface area contributed by atoms with Crippen molar-refractivity contribution in [2.24, 2.45) is 5.92 Å². The molecule has 0 aliphatic rings. The summed E-state index contributed by atoms with van der Waals surface area (Å²) in [4.78, 5) is 11.8. The minimum Gasteiger partial charge on any atom is -0.396 e. The molecule has 0 amide bonds. The van der Waals surface area contributed by atoms with Crippen LogP contribution in [0.1, 0.15) is 30.6 Å². The summed E-state index contributed by atoms with van der Waals surface area (Å²) in [5.74, 6) is 0.0158. The molecule has 4 heteroatoms. The van der Waals surface area contributed by atoms with Crippen molar-refractivity contribution in [2.75, 3.05) is 5.73 Å². The Kier molecular flexibility index (Phi) is 4.00. The zero-order valence-electron chi connectivity index (χ0n) is 8.68. The van der Waals surface area contributed by atoms with Crippen LogP contribution in [0.5, 0.6) is 0 Å². The molecule has 0 saturated heterocycles. The maximum Gasteiger partial charge on any atom is 0.165 e. The molecule has 0 heterocycles. The molecule has 2 nitrogen and oxygen atoms in total. The van der Waals surface area contributed by atoms with E-state index >= 15 is 0 Å². The molecule has 1 unspecified atom stereocenters. The number of halogens is 2. The van der Waals surface area contributed by atoms with Crippen LogP contribution in [-0.4, -0.2) is 5.78 Å². The lowest BCUT2D eigenvalue weighted by Gasteiger charge is -2.09. The number of rotatable bonds is 3. The quantitative estimate of drug-likeness (QED) is 0.651. The van der Waals surface area contributed by atoms with E-state index in [9.17, 15) is 4.79 Å². The Bertz CT molecular complexity index is 367. The molecular weight excluding hydrogens is 233 g/mol. The van der Waals surface area contributed by atoms with Crippen molar-refractivity contribution in [1.29, 1.82) is 0 Å². The highest BCUT2D eigenvalue weighted by Gasteiger charge is 2.15. The Labute approximate surface area is 99.4 Å². The van der Waals surface area contributed by atoms with Crippen LogP contribution in [-0.2, 0) is 0 Å². The van der Waals surface area contributed by atoms with Crippen LogP contribution in [0.15, 0.2) is 12.1 Å². The third-order valence-corrected chi connectivity index (χ3v) is 3.05. The molecule has 1 rings (SSSR count). The molecule has 1 aromatic carbocycles. The van der Waals surface area contributed by atoms with E-state index in [1.807, 2.05) is 13.8 Å². The summed E-state index contributed by atoms with van der Waals surface area (Å²) in [6, 6.07) is 3.13. The first kappa shape index (κ1) is 12.3. The Balaban J connectivity index is 3.12. The Hall–Kier alpha value is -0.730. The zero-order chi connectivity index (χ0) is 11.6. The van der Waals surface area contributed by atoms with E-state index in [0.717, 1.165) is 6.42 Å². The van der Waals surface area contributed by atoms with E-state index < -0.39 is 0 Å². The van der Waals surface area contributed by atoms with Crippen LogP contribution >= 0.6 is 23.2 Å². The highest BCUT2D eigenvalue weighted by Crippen LogP contribution is 2.29. The molecule has 82 valence electrons. The number of anilines is 1. The number of Topliss-reactive ketones (excluding diaryl/α,β-unsaturated/α-hetero) is 1. The van der Waals surface area contributed by atoms with Gasteiger partial charge in [-0.15, -0.1) is 0 Å². The predicted molar refractivity (Wildman–Crippen MR) is 64.7 cm³/mol. The molecular formula is C11H13Cl2NO. The molecule has 1 aromatic rings. The van der Waals surface area contributed by atoms with Gasteiger partial charge in [-0.25, -0.2) is 0 Å². The molecule has 0 aliphatic heterocycles. The molecule has 2 N–H and O–H groups in total. The Morgan fingerprint density at radius 2 is 1.87 bits per heavy atom. The fourth-order valence-electron chi connectivity index (χ4n) is 1.20. The van der Waals surface area contributed by atoms with Crippen molar-refractivity contribution in [3.8, 4) is 0 Å². The molecule has 1 atom stereocenters. The molecule has 0 fully saturated rings. The van der Waals surface area contributed by atoms with Gasteiger partial charge < -0.3 is 5.73 Å². The lowest BCUT2D eigenvalue weighted by molar-refractivity contribution is 0.0927. The third-order valence-electron chi connectivity index (χ3n) is 2.42. The average Bonchev–Trinajstić information content (AvgIpc) is 2.23. The molecule has 0 spiro atoms. The molecule has 0 saturated carbocycles. The molecule has 15 heavy (non-hydrogen) atoms. The first-order valence-electron chi connectivity index (χ1n) is 4.76. The summed E-state index contributed by atoms with van der Waals surface area (Å²) >= 11 is 11.7. The monoisotopic (exact) mass is 245 g/mol. The fourth-order valence-corrected chi connectivity index (χ4v) is 1.68. The SMILES string of the molecule is CCC(C)C(=O)c1cc(Cl)c(N)c(Cl)c1. The van der Waals surface area contributed by atoms with Crippen molar-refractivity contribution < 1.29 is 4.79 Å². The van der Waals surface area contributed by atoms with Crippen LogP contribution in [0, 0.1) is 5.92 Å². The molecule has 0 aromatic heterocycles. The van der Waals surface area contributed by atoms with Crippen LogP contribution < -0.4 is 5.73 Å². The standard InChI is InChI=1S/C11H13Cl2NO/c1-3-6(2)11(15)7-4-8(12)10(14)9(13)5-7/h4-6H,3,14H2,1-2H3. The lowest BCUT2D eigenvalue weighted by Crippen LogP contribution is -2.10. The minimum atomic E-state index is -0.0271. The van der Waals surface area contributed by atoms with Gasteiger partial charge in [-0.05, 0) is 18.6 Å². The van der Waals surface area contributed by atoms with Crippen molar-refractivity contribution in [1.82, 2.24) is 0 Å². The van der Waals surface area contributed by atoms with E-state index in [1.54, 1.807) is 12.1 Å². The Morgan fingerprint density at radius 3 is 2.27 bits per heavy atom. The molecule has 0 bridgehead atoms. The van der Waals surface area contributed by atoms with Crippen molar-refractivity contribution in [3.05, 3.63) is 27.7 Å². The number of benzene rings is 1. The second-order valence-corrected chi connectivity index (χ2v) is 4.34. The topological polar surface area (TPSA) is 43.1 Å². The first-order chi connectivity index (χ1) is 6.97. The number of carbonyl (C=O) groups excluding carboxylic acids is 1.